The highest BCUT2D eigenvalue weighted by molar-refractivity contribution is 7.99. The van der Waals surface area contributed by atoms with Crippen LogP contribution in [0.25, 0.3) is 10.2 Å². The van der Waals surface area contributed by atoms with E-state index in [0.29, 0.717) is 23.8 Å². The monoisotopic (exact) mass is 449 g/mol. The van der Waals surface area contributed by atoms with Crippen LogP contribution in [-0.2, 0) is 11.3 Å². The first kappa shape index (κ1) is 21.3. The van der Waals surface area contributed by atoms with Gasteiger partial charge in [-0.25, -0.2) is 4.98 Å². The molecular formula is C24H23N3O2S2. The summed E-state index contributed by atoms with van der Waals surface area (Å²) in [5.41, 5.74) is 1.61. The molecule has 0 aliphatic heterocycles. The van der Waals surface area contributed by atoms with Gasteiger partial charge in [-0.3, -0.25) is 14.7 Å². The normalized spacial score (nSPS) is 10.9. The molecule has 0 radical (unpaired) electrons. The minimum absolute atomic E-state index is 0.0531. The molecule has 2 aromatic heterocycles. The number of methoxy groups -OCH3 is 1. The second kappa shape index (κ2) is 10.4. The fourth-order valence-corrected chi connectivity index (χ4v) is 5.05. The number of carbonyl (C=O) groups excluding carboxylic acids is 1. The molecule has 158 valence electrons. The molecule has 0 saturated carbocycles. The Kier molecular flexibility index (Phi) is 7.17. The van der Waals surface area contributed by atoms with Gasteiger partial charge in [0.25, 0.3) is 0 Å². The van der Waals surface area contributed by atoms with Crippen molar-refractivity contribution in [3.63, 3.8) is 0 Å². The number of fused-ring (bicyclic) bond motifs is 1. The molecule has 31 heavy (non-hydrogen) atoms. The van der Waals surface area contributed by atoms with Gasteiger partial charge >= 0.3 is 0 Å². The maximum absolute atomic E-state index is 13.2. The molecule has 5 nitrogen and oxygen atoms in total. The van der Waals surface area contributed by atoms with Crippen LogP contribution in [0.5, 0.6) is 5.75 Å². The Bertz CT molecular complexity index is 1130. The van der Waals surface area contributed by atoms with Crippen molar-refractivity contribution in [2.75, 3.05) is 17.8 Å². The molecule has 0 unspecified atom stereocenters. The molecule has 0 N–H and O–H groups in total. The lowest BCUT2D eigenvalue weighted by atomic mass is 10.2. The van der Waals surface area contributed by atoms with Crippen molar-refractivity contribution in [3.8, 4) is 5.75 Å². The number of amides is 1. The number of para-hydroxylation sites is 1. The molecule has 7 heteroatoms. The number of thiazole rings is 1. The van der Waals surface area contributed by atoms with Crippen LogP contribution in [0.15, 0.2) is 77.8 Å². The first-order valence-electron chi connectivity index (χ1n) is 10.1. The van der Waals surface area contributed by atoms with Crippen LogP contribution >= 0.6 is 23.1 Å². The van der Waals surface area contributed by atoms with Crippen molar-refractivity contribution < 1.29 is 9.53 Å². The van der Waals surface area contributed by atoms with Gasteiger partial charge in [0.1, 0.15) is 11.3 Å². The molecule has 2 aromatic carbocycles. The van der Waals surface area contributed by atoms with E-state index in [0.717, 1.165) is 28.1 Å². The molecule has 0 bridgehead atoms. The Hall–Kier alpha value is -2.90. The van der Waals surface area contributed by atoms with E-state index >= 15 is 0 Å². The maximum Gasteiger partial charge on any atom is 0.229 e. The number of carbonyl (C=O) groups is 1. The van der Waals surface area contributed by atoms with Gasteiger partial charge in [0.05, 0.1) is 24.0 Å². The van der Waals surface area contributed by atoms with E-state index in [1.165, 1.54) is 16.2 Å². The Morgan fingerprint density at radius 1 is 1.06 bits per heavy atom. The Labute approximate surface area is 190 Å². The van der Waals surface area contributed by atoms with Crippen LogP contribution in [0.2, 0.25) is 0 Å². The van der Waals surface area contributed by atoms with E-state index in [-0.39, 0.29) is 5.91 Å². The van der Waals surface area contributed by atoms with E-state index < -0.39 is 0 Å². The molecule has 4 rings (SSSR count). The molecule has 0 aliphatic carbocycles. The van der Waals surface area contributed by atoms with Crippen LogP contribution in [0.3, 0.4) is 0 Å². The molecule has 0 saturated heterocycles. The number of pyridine rings is 1. The highest BCUT2D eigenvalue weighted by Gasteiger charge is 2.21. The summed E-state index contributed by atoms with van der Waals surface area (Å²) in [6.07, 6.45) is 3.00. The second-order valence-corrected chi connectivity index (χ2v) is 9.05. The van der Waals surface area contributed by atoms with Gasteiger partial charge in [0.2, 0.25) is 5.91 Å². The van der Waals surface area contributed by atoms with Crippen molar-refractivity contribution in [1.29, 1.82) is 0 Å². The fraction of sp³-hybridized carbons (Fsp3) is 0.208. The number of aromatic nitrogens is 2. The number of thioether (sulfide) groups is 1. The number of hydrogen-bond acceptors (Lipinski definition) is 6. The Morgan fingerprint density at radius 3 is 2.68 bits per heavy atom. The average Bonchev–Trinajstić information content (AvgIpc) is 3.25. The SMILES string of the molecule is COc1cccc2sc(N(Cc3ccccn3)C(=O)CCCSc3ccccc3)nc12. The van der Waals surface area contributed by atoms with Crippen molar-refractivity contribution in [1.82, 2.24) is 9.97 Å². The highest BCUT2D eigenvalue weighted by atomic mass is 32.2. The summed E-state index contributed by atoms with van der Waals surface area (Å²) in [5, 5.41) is 0.672. The van der Waals surface area contributed by atoms with Crippen LogP contribution < -0.4 is 9.64 Å². The third-order valence-corrected chi connectivity index (χ3v) is 6.86. The minimum atomic E-state index is 0.0531. The summed E-state index contributed by atoms with van der Waals surface area (Å²) in [4.78, 5) is 25.3. The lowest BCUT2D eigenvalue weighted by molar-refractivity contribution is -0.118. The number of hydrogen-bond donors (Lipinski definition) is 0. The second-order valence-electron chi connectivity index (χ2n) is 6.87. The van der Waals surface area contributed by atoms with Crippen LogP contribution in [0.4, 0.5) is 5.13 Å². The lowest BCUT2D eigenvalue weighted by Crippen LogP contribution is -2.30. The predicted octanol–water partition coefficient (Wildman–Crippen LogP) is 5.81. The van der Waals surface area contributed by atoms with E-state index in [1.54, 1.807) is 30.0 Å². The molecule has 1 amide bonds. The molecule has 0 spiro atoms. The zero-order valence-electron chi connectivity index (χ0n) is 17.2. The largest absolute Gasteiger partial charge is 0.494 e. The topological polar surface area (TPSA) is 55.3 Å². The zero-order chi connectivity index (χ0) is 21.5. The van der Waals surface area contributed by atoms with Crippen molar-refractivity contribution in [2.24, 2.45) is 0 Å². The summed E-state index contributed by atoms with van der Waals surface area (Å²) in [5.74, 6) is 1.66. The number of benzene rings is 2. The van der Waals surface area contributed by atoms with E-state index in [2.05, 4.69) is 17.1 Å². The molecular weight excluding hydrogens is 426 g/mol. The van der Waals surface area contributed by atoms with Gasteiger partial charge < -0.3 is 4.74 Å². The van der Waals surface area contributed by atoms with Gasteiger partial charge in [-0.2, -0.15) is 0 Å². The number of anilines is 1. The molecule has 0 fully saturated rings. The summed E-state index contributed by atoms with van der Waals surface area (Å²) < 4.78 is 6.44. The highest BCUT2D eigenvalue weighted by Crippen LogP contribution is 2.35. The standard InChI is InChI=1S/C24H23N3O2S2/c1-29-20-12-7-13-21-23(20)26-24(31-21)27(17-18-9-5-6-15-25-18)22(28)14-8-16-30-19-10-3-2-4-11-19/h2-7,9-13,15H,8,14,16-17H2,1H3. The van der Waals surface area contributed by atoms with Gasteiger partial charge in [-0.15, -0.1) is 11.8 Å². The first-order valence-corrected chi connectivity index (χ1v) is 11.9. The summed E-state index contributed by atoms with van der Waals surface area (Å²) >= 11 is 3.27. The number of nitrogens with zero attached hydrogens (tertiary/aromatic N) is 3. The van der Waals surface area contributed by atoms with Crippen molar-refractivity contribution >= 4 is 44.4 Å². The van der Waals surface area contributed by atoms with Crippen LogP contribution in [-0.4, -0.2) is 28.7 Å². The number of ether oxygens (including phenoxy) is 1. The lowest BCUT2D eigenvalue weighted by Gasteiger charge is -2.19. The zero-order valence-corrected chi connectivity index (χ0v) is 18.9. The van der Waals surface area contributed by atoms with E-state index in [1.807, 2.05) is 54.6 Å². The van der Waals surface area contributed by atoms with E-state index in [9.17, 15) is 4.79 Å². The molecule has 4 aromatic rings. The Balaban J connectivity index is 1.50. The molecule has 0 aliphatic rings. The molecule has 0 atom stereocenters. The van der Waals surface area contributed by atoms with Gasteiger partial charge in [0.15, 0.2) is 5.13 Å². The third-order valence-electron chi connectivity index (χ3n) is 4.72. The third kappa shape index (κ3) is 5.42. The first-order chi connectivity index (χ1) is 15.2. The maximum atomic E-state index is 13.2. The minimum Gasteiger partial charge on any atom is -0.494 e. The quantitative estimate of drug-likeness (QED) is 0.239. The predicted molar refractivity (Wildman–Crippen MR) is 128 cm³/mol. The fourth-order valence-electron chi connectivity index (χ4n) is 3.17. The van der Waals surface area contributed by atoms with Crippen molar-refractivity contribution in [3.05, 3.63) is 78.6 Å². The summed E-state index contributed by atoms with van der Waals surface area (Å²) in [7, 11) is 1.63. The van der Waals surface area contributed by atoms with Gasteiger partial charge in [0, 0.05) is 17.5 Å². The number of rotatable bonds is 9. The average molecular weight is 450 g/mol. The van der Waals surface area contributed by atoms with Crippen LogP contribution in [0.1, 0.15) is 18.5 Å². The summed E-state index contributed by atoms with van der Waals surface area (Å²) in [6.45, 7) is 0.396. The van der Waals surface area contributed by atoms with E-state index in [4.69, 9.17) is 9.72 Å². The summed E-state index contributed by atoms with van der Waals surface area (Å²) in [6, 6.07) is 21.8. The Morgan fingerprint density at radius 2 is 1.90 bits per heavy atom. The van der Waals surface area contributed by atoms with Crippen LogP contribution in [0, 0.1) is 0 Å². The smallest absolute Gasteiger partial charge is 0.229 e. The van der Waals surface area contributed by atoms with Gasteiger partial charge in [-0.05, 0) is 48.6 Å². The van der Waals surface area contributed by atoms with Crippen molar-refractivity contribution in [2.45, 2.75) is 24.3 Å². The molecule has 2 heterocycles. The van der Waals surface area contributed by atoms with Gasteiger partial charge in [-0.1, -0.05) is 41.7 Å².